The number of esters is 1. The topological polar surface area (TPSA) is 52.3 Å². The molecule has 0 saturated carbocycles. The van der Waals surface area contributed by atoms with Crippen molar-refractivity contribution in [1.82, 2.24) is 0 Å². The monoisotopic (exact) mass is 251 g/mol. The molecule has 0 fully saturated rings. The van der Waals surface area contributed by atoms with E-state index < -0.39 is 17.8 Å². The first-order valence-electron chi connectivity index (χ1n) is 3.95. The van der Waals surface area contributed by atoms with Gasteiger partial charge < -0.3 is 10.5 Å². The molecule has 6 heteroatoms. The number of halogens is 3. The third-order valence-electron chi connectivity index (χ3n) is 1.85. The van der Waals surface area contributed by atoms with Crippen molar-refractivity contribution in [2.45, 2.75) is 6.04 Å². The molecule has 1 rings (SSSR count). The van der Waals surface area contributed by atoms with Crippen molar-refractivity contribution < 1.29 is 13.9 Å². The molecule has 15 heavy (non-hydrogen) atoms. The van der Waals surface area contributed by atoms with E-state index in [1.165, 1.54) is 6.07 Å². The fourth-order valence-electron chi connectivity index (χ4n) is 1.07. The summed E-state index contributed by atoms with van der Waals surface area (Å²) in [6.07, 6.45) is 0. The lowest BCUT2D eigenvalue weighted by Crippen LogP contribution is -2.24. The van der Waals surface area contributed by atoms with Crippen LogP contribution in [0.25, 0.3) is 0 Å². The quantitative estimate of drug-likeness (QED) is 0.649. The minimum absolute atomic E-state index is 0.0745. The number of benzene rings is 1. The molecule has 0 heterocycles. The predicted octanol–water partition coefficient (Wildman–Crippen LogP) is 2.31. The third-order valence-corrected chi connectivity index (χ3v) is 2.66. The minimum Gasteiger partial charge on any atom is -0.468 e. The van der Waals surface area contributed by atoms with Crippen molar-refractivity contribution in [2.24, 2.45) is 5.73 Å². The summed E-state index contributed by atoms with van der Waals surface area (Å²) in [6.45, 7) is 0. The number of rotatable bonds is 2. The summed E-state index contributed by atoms with van der Waals surface area (Å²) in [5.41, 5.74) is 5.31. The van der Waals surface area contributed by atoms with Gasteiger partial charge in [0, 0.05) is 5.56 Å². The molecule has 1 aromatic carbocycles. The number of carbonyl (C=O) groups excluding carboxylic acids is 1. The fourth-order valence-corrected chi connectivity index (χ4v) is 1.51. The molecular weight excluding hydrogens is 244 g/mol. The van der Waals surface area contributed by atoms with Crippen LogP contribution in [0.15, 0.2) is 12.1 Å². The molecule has 0 bridgehead atoms. The van der Waals surface area contributed by atoms with E-state index in [1.807, 2.05) is 0 Å². The lowest BCUT2D eigenvalue weighted by atomic mass is 10.1. The normalized spacial score (nSPS) is 12.3. The summed E-state index contributed by atoms with van der Waals surface area (Å²) in [5, 5.41) is 0.0574. The SMILES string of the molecule is COC(=O)[C@H](N)c1c(F)ccc(Cl)c1Cl. The Morgan fingerprint density at radius 1 is 1.53 bits per heavy atom. The average molecular weight is 252 g/mol. The molecule has 0 saturated heterocycles. The highest BCUT2D eigenvalue weighted by Crippen LogP contribution is 2.31. The molecule has 1 atom stereocenters. The molecule has 0 amide bonds. The molecule has 0 aromatic heterocycles. The Morgan fingerprint density at radius 2 is 2.13 bits per heavy atom. The maximum atomic E-state index is 13.3. The Hall–Kier alpha value is -0.840. The summed E-state index contributed by atoms with van der Waals surface area (Å²) < 4.78 is 17.7. The number of carbonyl (C=O) groups is 1. The predicted molar refractivity (Wildman–Crippen MR) is 55.4 cm³/mol. The Morgan fingerprint density at radius 3 is 2.67 bits per heavy atom. The van der Waals surface area contributed by atoms with Gasteiger partial charge in [0.05, 0.1) is 17.2 Å². The van der Waals surface area contributed by atoms with Gasteiger partial charge in [0.1, 0.15) is 11.9 Å². The fraction of sp³-hybridized carbons (Fsp3) is 0.222. The Balaban J connectivity index is 3.24. The average Bonchev–Trinajstić information content (AvgIpc) is 2.22. The number of nitrogens with two attached hydrogens (primary N) is 1. The van der Waals surface area contributed by atoms with Gasteiger partial charge in [0.25, 0.3) is 0 Å². The van der Waals surface area contributed by atoms with Crippen molar-refractivity contribution >= 4 is 29.2 Å². The number of hydrogen-bond donors (Lipinski definition) is 1. The van der Waals surface area contributed by atoms with Crippen LogP contribution in [0.2, 0.25) is 10.0 Å². The van der Waals surface area contributed by atoms with Crippen molar-refractivity contribution in [3.8, 4) is 0 Å². The Labute approximate surface area is 95.9 Å². The standard InChI is InChI=1S/C9H8Cl2FNO2/c1-15-9(14)8(13)6-5(12)3-2-4(10)7(6)11/h2-3,8H,13H2,1H3/t8-/m1/s1. The highest BCUT2D eigenvalue weighted by molar-refractivity contribution is 6.42. The van der Waals surface area contributed by atoms with Crippen LogP contribution in [0.4, 0.5) is 4.39 Å². The van der Waals surface area contributed by atoms with Crippen LogP contribution in [-0.4, -0.2) is 13.1 Å². The highest BCUT2D eigenvalue weighted by Gasteiger charge is 2.24. The van der Waals surface area contributed by atoms with Gasteiger partial charge in [-0.25, -0.2) is 4.39 Å². The smallest absolute Gasteiger partial charge is 0.327 e. The molecule has 0 radical (unpaired) electrons. The van der Waals surface area contributed by atoms with Crippen LogP contribution in [-0.2, 0) is 9.53 Å². The van der Waals surface area contributed by atoms with E-state index in [0.717, 1.165) is 13.2 Å². The molecule has 0 spiro atoms. The summed E-state index contributed by atoms with van der Waals surface area (Å²) in [5.74, 6) is -1.47. The summed E-state index contributed by atoms with van der Waals surface area (Å²) in [6, 6.07) is 1.10. The third kappa shape index (κ3) is 2.40. The molecule has 0 aliphatic heterocycles. The van der Waals surface area contributed by atoms with Crippen molar-refractivity contribution in [3.63, 3.8) is 0 Å². The van der Waals surface area contributed by atoms with Crippen molar-refractivity contribution in [2.75, 3.05) is 7.11 Å². The van der Waals surface area contributed by atoms with E-state index in [0.29, 0.717) is 0 Å². The molecule has 0 aliphatic carbocycles. The van der Waals surface area contributed by atoms with E-state index in [1.54, 1.807) is 0 Å². The van der Waals surface area contributed by atoms with Gasteiger partial charge in [-0.3, -0.25) is 4.79 Å². The number of ether oxygens (including phenoxy) is 1. The lowest BCUT2D eigenvalue weighted by Gasteiger charge is -2.12. The largest absolute Gasteiger partial charge is 0.468 e. The maximum Gasteiger partial charge on any atom is 0.327 e. The zero-order valence-corrected chi connectivity index (χ0v) is 9.27. The van der Waals surface area contributed by atoms with E-state index >= 15 is 0 Å². The summed E-state index contributed by atoms with van der Waals surface area (Å²) in [4.78, 5) is 11.1. The van der Waals surface area contributed by atoms with E-state index in [-0.39, 0.29) is 15.6 Å². The van der Waals surface area contributed by atoms with Gasteiger partial charge in [-0.15, -0.1) is 0 Å². The number of hydrogen-bond acceptors (Lipinski definition) is 3. The van der Waals surface area contributed by atoms with Crippen molar-refractivity contribution in [1.29, 1.82) is 0 Å². The molecule has 0 unspecified atom stereocenters. The molecule has 82 valence electrons. The Bertz CT molecular complexity index is 398. The second-order valence-electron chi connectivity index (χ2n) is 2.76. The molecule has 2 N–H and O–H groups in total. The van der Waals surface area contributed by atoms with Crippen LogP contribution in [0.1, 0.15) is 11.6 Å². The van der Waals surface area contributed by atoms with Crippen molar-refractivity contribution in [3.05, 3.63) is 33.6 Å². The lowest BCUT2D eigenvalue weighted by molar-refractivity contribution is -0.142. The van der Waals surface area contributed by atoms with E-state index in [2.05, 4.69) is 4.74 Å². The van der Waals surface area contributed by atoms with E-state index in [9.17, 15) is 9.18 Å². The van der Waals surface area contributed by atoms with Gasteiger partial charge in [-0.1, -0.05) is 23.2 Å². The maximum absolute atomic E-state index is 13.3. The van der Waals surface area contributed by atoms with Gasteiger partial charge in [0.2, 0.25) is 0 Å². The second kappa shape index (κ2) is 4.79. The molecule has 1 aromatic rings. The van der Waals surface area contributed by atoms with Crippen LogP contribution in [0.3, 0.4) is 0 Å². The van der Waals surface area contributed by atoms with Crippen LogP contribution in [0.5, 0.6) is 0 Å². The summed E-state index contributed by atoms with van der Waals surface area (Å²) >= 11 is 11.4. The molecule has 0 aliphatic rings. The molecule has 3 nitrogen and oxygen atoms in total. The van der Waals surface area contributed by atoms with Crippen LogP contribution >= 0.6 is 23.2 Å². The minimum atomic E-state index is -1.28. The molecular formula is C9H8Cl2FNO2. The summed E-state index contributed by atoms with van der Waals surface area (Å²) in [7, 11) is 1.15. The van der Waals surface area contributed by atoms with Crippen LogP contribution in [0, 0.1) is 5.82 Å². The first-order chi connectivity index (χ1) is 6.99. The van der Waals surface area contributed by atoms with Gasteiger partial charge in [-0.05, 0) is 12.1 Å². The van der Waals surface area contributed by atoms with Gasteiger partial charge >= 0.3 is 5.97 Å². The zero-order valence-electron chi connectivity index (χ0n) is 7.76. The highest BCUT2D eigenvalue weighted by atomic mass is 35.5. The first kappa shape index (κ1) is 12.2. The van der Waals surface area contributed by atoms with E-state index in [4.69, 9.17) is 28.9 Å². The van der Waals surface area contributed by atoms with Crippen LogP contribution < -0.4 is 5.73 Å². The Kier molecular flexibility index (Phi) is 3.90. The van der Waals surface area contributed by atoms with Gasteiger partial charge in [-0.2, -0.15) is 0 Å². The second-order valence-corrected chi connectivity index (χ2v) is 3.54. The first-order valence-corrected chi connectivity index (χ1v) is 4.71. The number of methoxy groups -OCH3 is 1. The zero-order chi connectivity index (χ0) is 11.6. The van der Waals surface area contributed by atoms with Gasteiger partial charge in [0.15, 0.2) is 0 Å².